The molecule has 35 heavy (non-hydrogen) atoms. The van der Waals surface area contributed by atoms with Gasteiger partial charge in [-0.1, -0.05) is 55.1 Å². The molecule has 1 unspecified atom stereocenters. The maximum absolute atomic E-state index is 9.77. The quantitative estimate of drug-likeness (QED) is 0.280. The predicted octanol–water partition coefficient (Wildman–Crippen LogP) is 7.91. The Labute approximate surface area is 212 Å². The van der Waals surface area contributed by atoms with Crippen molar-refractivity contribution in [3.8, 4) is 17.5 Å². The number of aromatic nitrogens is 2. The van der Waals surface area contributed by atoms with Crippen molar-refractivity contribution in [1.29, 1.82) is 5.26 Å². The summed E-state index contributed by atoms with van der Waals surface area (Å²) in [5, 5.41) is 16.6. The van der Waals surface area contributed by atoms with Gasteiger partial charge in [0.2, 0.25) is 0 Å². The molecule has 1 atom stereocenters. The van der Waals surface area contributed by atoms with E-state index in [0.717, 1.165) is 27.7 Å². The minimum Gasteiger partial charge on any atom is -0.491 e. The van der Waals surface area contributed by atoms with Crippen molar-refractivity contribution in [2.24, 2.45) is 5.92 Å². The number of aryl methyl sites for hydroxylation is 2. The SMILES string of the molecule is Cc1cc(C)c(OCC(c2c3ccccc3nn2-c2ccc(Cl)cc2)C2CCCCC2)c(C#N)c1. The van der Waals surface area contributed by atoms with Crippen LogP contribution in [0.25, 0.3) is 16.6 Å². The van der Waals surface area contributed by atoms with Crippen molar-refractivity contribution in [3.05, 3.63) is 88.1 Å². The Kier molecular flexibility index (Phi) is 6.79. The molecule has 178 valence electrons. The molecular formula is C30H30ClN3O. The molecule has 5 heteroatoms. The van der Waals surface area contributed by atoms with Crippen LogP contribution >= 0.6 is 11.6 Å². The Hall–Kier alpha value is -3.29. The molecule has 0 bridgehead atoms. The van der Waals surface area contributed by atoms with Crippen LogP contribution in [0.5, 0.6) is 5.75 Å². The monoisotopic (exact) mass is 483 g/mol. The molecule has 1 saturated carbocycles. The smallest absolute Gasteiger partial charge is 0.139 e. The van der Waals surface area contributed by atoms with E-state index in [1.807, 2.05) is 50.2 Å². The maximum Gasteiger partial charge on any atom is 0.139 e. The molecule has 0 amide bonds. The lowest BCUT2D eigenvalue weighted by molar-refractivity contribution is 0.207. The van der Waals surface area contributed by atoms with Crippen molar-refractivity contribution >= 4 is 22.5 Å². The molecule has 0 N–H and O–H groups in total. The molecule has 3 aromatic carbocycles. The fourth-order valence-corrected chi connectivity index (χ4v) is 5.69. The van der Waals surface area contributed by atoms with E-state index in [-0.39, 0.29) is 5.92 Å². The lowest BCUT2D eigenvalue weighted by Gasteiger charge is -2.31. The first-order chi connectivity index (χ1) is 17.0. The summed E-state index contributed by atoms with van der Waals surface area (Å²) in [5.41, 5.74) is 5.81. The van der Waals surface area contributed by atoms with Gasteiger partial charge in [-0.15, -0.1) is 0 Å². The van der Waals surface area contributed by atoms with Crippen molar-refractivity contribution in [2.75, 3.05) is 6.61 Å². The molecule has 4 nitrogen and oxygen atoms in total. The third-order valence-corrected chi connectivity index (χ3v) is 7.46. The number of hydrogen-bond acceptors (Lipinski definition) is 3. The maximum atomic E-state index is 9.77. The van der Waals surface area contributed by atoms with E-state index >= 15 is 0 Å². The topological polar surface area (TPSA) is 50.8 Å². The van der Waals surface area contributed by atoms with E-state index in [1.54, 1.807) is 0 Å². The molecule has 5 rings (SSSR count). The summed E-state index contributed by atoms with van der Waals surface area (Å²) in [6, 6.07) is 22.5. The summed E-state index contributed by atoms with van der Waals surface area (Å²) in [7, 11) is 0. The Balaban J connectivity index is 1.61. The van der Waals surface area contributed by atoms with Gasteiger partial charge in [-0.3, -0.25) is 0 Å². The van der Waals surface area contributed by atoms with Crippen LogP contribution in [0.1, 0.15) is 60.4 Å². The van der Waals surface area contributed by atoms with E-state index in [0.29, 0.717) is 28.9 Å². The second-order valence-corrected chi connectivity index (χ2v) is 10.1. The predicted molar refractivity (Wildman–Crippen MR) is 142 cm³/mol. The lowest BCUT2D eigenvalue weighted by atomic mass is 9.78. The highest BCUT2D eigenvalue weighted by Crippen LogP contribution is 2.40. The largest absolute Gasteiger partial charge is 0.491 e. The van der Waals surface area contributed by atoms with Gasteiger partial charge in [-0.05, 0) is 80.1 Å². The van der Waals surface area contributed by atoms with Gasteiger partial charge in [0, 0.05) is 16.3 Å². The minimum absolute atomic E-state index is 0.144. The van der Waals surface area contributed by atoms with Crippen LogP contribution in [0.3, 0.4) is 0 Å². The van der Waals surface area contributed by atoms with Crippen molar-refractivity contribution < 1.29 is 4.74 Å². The van der Waals surface area contributed by atoms with Crippen LogP contribution < -0.4 is 4.74 Å². The first kappa shape index (κ1) is 23.5. The Morgan fingerprint density at radius 2 is 1.80 bits per heavy atom. The van der Waals surface area contributed by atoms with E-state index in [9.17, 15) is 5.26 Å². The van der Waals surface area contributed by atoms with E-state index < -0.39 is 0 Å². The molecule has 1 aromatic heterocycles. The third kappa shape index (κ3) is 4.79. The number of hydrogen-bond donors (Lipinski definition) is 0. The second-order valence-electron chi connectivity index (χ2n) is 9.68. The summed E-state index contributed by atoms with van der Waals surface area (Å²) >= 11 is 6.20. The summed E-state index contributed by atoms with van der Waals surface area (Å²) in [6.45, 7) is 4.54. The van der Waals surface area contributed by atoms with Crippen LogP contribution in [0, 0.1) is 31.1 Å². The number of halogens is 1. The highest BCUT2D eigenvalue weighted by atomic mass is 35.5. The van der Waals surface area contributed by atoms with E-state index in [1.165, 1.54) is 37.8 Å². The Morgan fingerprint density at radius 1 is 1.06 bits per heavy atom. The van der Waals surface area contributed by atoms with E-state index in [4.69, 9.17) is 21.4 Å². The van der Waals surface area contributed by atoms with Crippen LogP contribution in [-0.2, 0) is 0 Å². The summed E-state index contributed by atoms with van der Waals surface area (Å²) < 4.78 is 8.61. The average Bonchev–Trinajstić information content (AvgIpc) is 3.25. The molecule has 0 saturated heterocycles. The number of nitriles is 1. The molecule has 1 heterocycles. The highest BCUT2D eigenvalue weighted by Gasteiger charge is 2.31. The fourth-order valence-electron chi connectivity index (χ4n) is 5.57. The van der Waals surface area contributed by atoms with Gasteiger partial charge in [-0.25, -0.2) is 4.68 Å². The van der Waals surface area contributed by atoms with Crippen LogP contribution in [0.4, 0.5) is 0 Å². The van der Waals surface area contributed by atoms with Crippen LogP contribution in [0.15, 0.2) is 60.7 Å². The van der Waals surface area contributed by atoms with Gasteiger partial charge in [-0.2, -0.15) is 10.4 Å². The van der Waals surface area contributed by atoms with E-state index in [2.05, 4.69) is 35.0 Å². The van der Waals surface area contributed by atoms with Gasteiger partial charge < -0.3 is 4.74 Å². The molecule has 0 spiro atoms. The summed E-state index contributed by atoms with van der Waals surface area (Å²) in [5.74, 6) is 1.33. The normalized spacial score (nSPS) is 15.1. The summed E-state index contributed by atoms with van der Waals surface area (Å²) in [6.07, 6.45) is 6.11. The third-order valence-electron chi connectivity index (χ3n) is 7.20. The fraction of sp³-hybridized carbons (Fsp3) is 0.333. The molecule has 0 radical (unpaired) electrons. The second kappa shape index (κ2) is 10.1. The van der Waals surface area contributed by atoms with Gasteiger partial charge >= 0.3 is 0 Å². The lowest BCUT2D eigenvalue weighted by Crippen LogP contribution is -2.25. The molecule has 1 fully saturated rings. The first-order valence-corrected chi connectivity index (χ1v) is 12.8. The number of benzene rings is 3. The number of fused-ring (bicyclic) bond motifs is 1. The molecular weight excluding hydrogens is 454 g/mol. The molecule has 1 aliphatic carbocycles. The number of nitrogens with zero attached hydrogens (tertiary/aromatic N) is 3. The molecule has 1 aliphatic rings. The van der Waals surface area contributed by atoms with Gasteiger partial charge in [0.15, 0.2) is 0 Å². The van der Waals surface area contributed by atoms with Gasteiger partial charge in [0.1, 0.15) is 11.8 Å². The van der Waals surface area contributed by atoms with Gasteiger partial charge in [0.05, 0.1) is 29.1 Å². The van der Waals surface area contributed by atoms with Crippen molar-refractivity contribution in [3.63, 3.8) is 0 Å². The zero-order valence-electron chi connectivity index (χ0n) is 20.3. The van der Waals surface area contributed by atoms with Crippen molar-refractivity contribution in [2.45, 2.75) is 51.9 Å². The van der Waals surface area contributed by atoms with Crippen LogP contribution in [0.2, 0.25) is 5.02 Å². The molecule has 4 aromatic rings. The Morgan fingerprint density at radius 3 is 2.54 bits per heavy atom. The number of ether oxygens (including phenoxy) is 1. The van der Waals surface area contributed by atoms with Crippen LogP contribution in [-0.4, -0.2) is 16.4 Å². The molecule has 0 aliphatic heterocycles. The number of rotatable bonds is 6. The Bertz CT molecular complexity index is 1380. The standard InChI is InChI=1S/C30H30ClN3O/c1-20-16-21(2)30(23(17-20)18-32)35-19-27(22-8-4-3-5-9-22)29-26-10-6-7-11-28(26)33-34(29)25-14-12-24(31)13-15-25/h6-7,10-17,22,27H,3-5,8-9,19H2,1-2H3. The van der Waals surface area contributed by atoms with Gasteiger partial charge in [0.25, 0.3) is 0 Å². The zero-order valence-corrected chi connectivity index (χ0v) is 21.1. The van der Waals surface area contributed by atoms with Crippen molar-refractivity contribution in [1.82, 2.24) is 9.78 Å². The average molecular weight is 484 g/mol. The minimum atomic E-state index is 0.144. The highest BCUT2D eigenvalue weighted by molar-refractivity contribution is 6.30. The zero-order chi connectivity index (χ0) is 24.4. The summed E-state index contributed by atoms with van der Waals surface area (Å²) in [4.78, 5) is 0. The first-order valence-electron chi connectivity index (χ1n) is 12.4.